The molecule has 0 saturated carbocycles. The zero-order valence-electron chi connectivity index (χ0n) is 12.4. The van der Waals surface area contributed by atoms with Crippen LogP contribution >= 0.6 is 0 Å². The number of carboxylic acids is 1. The highest BCUT2D eigenvalue weighted by molar-refractivity contribution is 5.93. The summed E-state index contributed by atoms with van der Waals surface area (Å²) in [7, 11) is 1.96. The van der Waals surface area contributed by atoms with Crippen LogP contribution in [0.15, 0.2) is 24.3 Å². The molecule has 1 aromatic rings. The molecule has 21 heavy (non-hydrogen) atoms. The van der Waals surface area contributed by atoms with E-state index in [-0.39, 0.29) is 19.1 Å². The molecule has 0 fully saturated rings. The molecule has 0 aromatic heterocycles. The van der Waals surface area contributed by atoms with Crippen LogP contribution in [-0.4, -0.2) is 41.6 Å². The quantitative estimate of drug-likeness (QED) is 0.660. The number of benzene rings is 1. The van der Waals surface area contributed by atoms with E-state index < -0.39 is 17.9 Å². The number of likely N-dealkylation sites (N-methyl/N-ethyl adjacent to an activating group) is 1. The van der Waals surface area contributed by atoms with Crippen LogP contribution in [0.1, 0.15) is 24.5 Å². The van der Waals surface area contributed by atoms with Gasteiger partial charge in [-0.3, -0.25) is 14.5 Å². The van der Waals surface area contributed by atoms with Crippen molar-refractivity contribution in [2.75, 3.05) is 13.7 Å². The lowest BCUT2D eigenvalue weighted by molar-refractivity contribution is -0.159. The molecule has 1 aliphatic heterocycles. The summed E-state index contributed by atoms with van der Waals surface area (Å²) in [6.45, 7) is 2.65. The van der Waals surface area contributed by atoms with Crippen molar-refractivity contribution < 1.29 is 19.4 Å². The number of rotatable bonds is 5. The van der Waals surface area contributed by atoms with Crippen LogP contribution in [0.4, 0.5) is 0 Å². The molecule has 0 amide bonds. The van der Waals surface area contributed by atoms with Crippen molar-refractivity contribution in [3.8, 4) is 0 Å². The zero-order chi connectivity index (χ0) is 15.4. The van der Waals surface area contributed by atoms with Crippen molar-refractivity contribution >= 4 is 11.9 Å². The van der Waals surface area contributed by atoms with Crippen LogP contribution in [0.3, 0.4) is 0 Å². The van der Waals surface area contributed by atoms with Crippen LogP contribution in [0.2, 0.25) is 0 Å². The lowest BCUT2D eigenvalue weighted by Gasteiger charge is -2.35. The van der Waals surface area contributed by atoms with E-state index >= 15 is 0 Å². The Morgan fingerprint density at radius 1 is 1.38 bits per heavy atom. The van der Waals surface area contributed by atoms with Gasteiger partial charge in [0.25, 0.3) is 0 Å². The summed E-state index contributed by atoms with van der Waals surface area (Å²) in [6.07, 6.45) is 1.04. The molecule has 1 aromatic carbocycles. The second-order valence-electron chi connectivity index (χ2n) is 5.42. The van der Waals surface area contributed by atoms with E-state index in [1.807, 2.05) is 19.2 Å². The second kappa shape index (κ2) is 6.72. The van der Waals surface area contributed by atoms with Gasteiger partial charge in [0.2, 0.25) is 0 Å². The monoisotopic (exact) mass is 291 g/mol. The smallest absolute Gasteiger partial charge is 0.320 e. The normalized spacial score (nSPS) is 19.6. The van der Waals surface area contributed by atoms with E-state index in [1.165, 1.54) is 11.1 Å². The molecule has 0 radical (unpaired) electrons. The fourth-order valence-corrected chi connectivity index (χ4v) is 2.79. The molecule has 0 aliphatic carbocycles. The van der Waals surface area contributed by atoms with Gasteiger partial charge in [-0.2, -0.15) is 0 Å². The van der Waals surface area contributed by atoms with E-state index in [1.54, 1.807) is 6.92 Å². The summed E-state index contributed by atoms with van der Waals surface area (Å²) in [5.41, 5.74) is 2.49. The van der Waals surface area contributed by atoms with Crippen molar-refractivity contribution in [1.29, 1.82) is 0 Å². The van der Waals surface area contributed by atoms with Gasteiger partial charge in [0.05, 0.1) is 6.61 Å². The average molecular weight is 291 g/mol. The molecule has 5 nitrogen and oxygen atoms in total. The van der Waals surface area contributed by atoms with Crippen LogP contribution in [0, 0.1) is 5.92 Å². The molecule has 5 heteroatoms. The Morgan fingerprint density at radius 3 is 2.67 bits per heavy atom. The first-order chi connectivity index (χ1) is 10.0. The molecule has 2 atom stereocenters. The van der Waals surface area contributed by atoms with Gasteiger partial charge in [0.1, 0.15) is 0 Å². The molecule has 1 heterocycles. The lowest BCUT2D eigenvalue weighted by Crippen LogP contribution is -2.41. The molecule has 0 saturated heterocycles. The number of aliphatic carboxylic acids is 1. The van der Waals surface area contributed by atoms with Crippen LogP contribution in [0.5, 0.6) is 0 Å². The minimum atomic E-state index is -1.11. The van der Waals surface area contributed by atoms with Gasteiger partial charge in [-0.25, -0.2) is 0 Å². The Labute approximate surface area is 124 Å². The number of carbonyl (C=O) groups excluding carboxylic acids is 1. The number of ether oxygens (including phenoxy) is 1. The molecule has 2 rings (SSSR count). The second-order valence-corrected chi connectivity index (χ2v) is 5.42. The van der Waals surface area contributed by atoms with Gasteiger partial charge in [0, 0.05) is 12.6 Å². The Morgan fingerprint density at radius 2 is 2.05 bits per heavy atom. The third kappa shape index (κ3) is 3.61. The number of fused-ring (bicyclic) bond motifs is 1. The number of carboxylic acid groups (broad SMARTS) is 1. The number of carbonyl (C=O) groups is 2. The largest absolute Gasteiger partial charge is 0.481 e. The summed E-state index contributed by atoms with van der Waals surface area (Å²) in [4.78, 5) is 25.2. The van der Waals surface area contributed by atoms with Crippen molar-refractivity contribution in [3.63, 3.8) is 0 Å². The standard InChI is InChI=1S/C16H21NO4/c1-3-21-16(20)14(15(18)19)9-13-8-11-6-4-5-7-12(11)10-17(13)2/h4-7,13-14H,3,8-10H2,1-2H3,(H,18,19)/t13-,14?/m0/s1. The maximum atomic E-state index is 11.8. The first-order valence-electron chi connectivity index (χ1n) is 7.19. The highest BCUT2D eigenvalue weighted by atomic mass is 16.5. The maximum absolute atomic E-state index is 11.8. The predicted octanol–water partition coefficient (Wildman–Crippen LogP) is 1.70. The first kappa shape index (κ1) is 15.5. The third-order valence-electron chi connectivity index (χ3n) is 3.99. The summed E-state index contributed by atoms with van der Waals surface area (Å²) in [5, 5.41) is 9.26. The van der Waals surface area contributed by atoms with Gasteiger partial charge < -0.3 is 9.84 Å². The molecular weight excluding hydrogens is 270 g/mol. The topological polar surface area (TPSA) is 66.8 Å². The van der Waals surface area contributed by atoms with Crippen LogP contribution in [0.25, 0.3) is 0 Å². The van der Waals surface area contributed by atoms with Crippen LogP contribution in [-0.2, 0) is 27.3 Å². The van der Waals surface area contributed by atoms with Crippen molar-refractivity contribution in [3.05, 3.63) is 35.4 Å². The van der Waals surface area contributed by atoms with Gasteiger partial charge in [-0.05, 0) is 37.9 Å². The zero-order valence-corrected chi connectivity index (χ0v) is 12.4. The number of nitrogens with zero attached hydrogens (tertiary/aromatic N) is 1. The number of hydrogen-bond donors (Lipinski definition) is 1. The molecule has 0 bridgehead atoms. The van der Waals surface area contributed by atoms with Crippen molar-refractivity contribution in [2.24, 2.45) is 5.92 Å². The van der Waals surface area contributed by atoms with E-state index in [0.717, 1.165) is 13.0 Å². The van der Waals surface area contributed by atoms with Crippen molar-refractivity contribution in [1.82, 2.24) is 4.90 Å². The van der Waals surface area contributed by atoms with E-state index in [4.69, 9.17) is 4.74 Å². The molecular formula is C16H21NO4. The maximum Gasteiger partial charge on any atom is 0.320 e. The third-order valence-corrected chi connectivity index (χ3v) is 3.99. The lowest BCUT2D eigenvalue weighted by atomic mass is 9.88. The van der Waals surface area contributed by atoms with Gasteiger partial charge >= 0.3 is 11.9 Å². The van der Waals surface area contributed by atoms with Gasteiger partial charge in [-0.1, -0.05) is 24.3 Å². The minimum absolute atomic E-state index is 0.0328. The fourth-order valence-electron chi connectivity index (χ4n) is 2.79. The number of hydrogen-bond acceptors (Lipinski definition) is 4. The molecule has 0 spiro atoms. The molecule has 1 aliphatic rings. The SMILES string of the molecule is CCOC(=O)C(C[C@@H]1Cc2ccccc2CN1C)C(=O)O. The molecule has 1 N–H and O–H groups in total. The predicted molar refractivity (Wildman–Crippen MR) is 77.8 cm³/mol. The summed E-state index contributed by atoms with van der Waals surface area (Å²) < 4.78 is 4.87. The van der Waals surface area contributed by atoms with E-state index in [0.29, 0.717) is 0 Å². The van der Waals surface area contributed by atoms with E-state index in [9.17, 15) is 14.7 Å². The average Bonchev–Trinajstić information content (AvgIpc) is 2.44. The Balaban J connectivity index is 2.11. The van der Waals surface area contributed by atoms with Crippen molar-refractivity contribution in [2.45, 2.75) is 32.4 Å². The van der Waals surface area contributed by atoms with Crippen LogP contribution < -0.4 is 0 Å². The summed E-state index contributed by atoms with van der Waals surface area (Å²) in [5.74, 6) is -2.85. The Bertz CT molecular complexity index is 529. The Kier molecular flexibility index (Phi) is 4.96. The highest BCUT2D eigenvalue weighted by Gasteiger charge is 2.34. The van der Waals surface area contributed by atoms with Gasteiger partial charge in [0.15, 0.2) is 5.92 Å². The van der Waals surface area contributed by atoms with Gasteiger partial charge in [-0.15, -0.1) is 0 Å². The fraction of sp³-hybridized carbons (Fsp3) is 0.500. The highest BCUT2D eigenvalue weighted by Crippen LogP contribution is 2.26. The minimum Gasteiger partial charge on any atom is -0.481 e. The Hall–Kier alpha value is -1.88. The molecule has 1 unspecified atom stereocenters. The molecule has 114 valence electrons. The van der Waals surface area contributed by atoms with E-state index in [2.05, 4.69) is 17.0 Å². The summed E-state index contributed by atoms with van der Waals surface area (Å²) >= 11 is 0. The first-order valence-corrected chi connectivity index (χ1v) is 7.19. The number of esters is 1. The summed E-state index contributed by atoms with van der Waals surface area (Å²) in [6, 6.07) is 8.18.